The summed E-state index contributed by atoms with van der Waals surface area (Å²) in [4.78, 5) is 20.1. The molecule has 1 aliphatic heterocycles. The van der Waals surface area contributed by atoms with Crippen LogP contribution in [0, 0.1) is 16.2 Å². The number of hydrogen-bond donors (Lipinski definition) is 5. The van der Waals surface area contributed by atoms with Gasteiger partial charge in [0.1, 0.15) is 23.2 Å². The first-order valence-electron chi connectivity index (χ1n) is 16.2. The second-order valence-corrected chi connectivity index (χ2v) is 13.4. The fourth-order valence-corrected chi connectivity index (χ4v) is 5.92. The number of alkyl halides is 1. The van der Waals surface area contributed by atoms with E-state index in [9.17, 15) is 4.79 Å². The smallest absolute Gasteiger partial charge is 0.320 e. The minimum absolute atomic E-state index is 0.238. The lowest BCUT2D eigenvalue weighted by Gasteiger charge is -2.33. The summed E-state index contributed by atoms with van der Waals surface area (Å²) >= 11 is 5.95. The number of amides is 2. The zero-order valence-corrected chi connectivity index (χ0v) is 28.1. The van der Waals surface area contributed by atoms with Gasteiger partial charge in [0, 0.05) is 36.2 Å². The molecule has 5 rings (SSSR count). The van der Waals surface area contributed by atoms with Gasteiger partial charge in [-0.3, -0.25) is 20.7 Å². The molecular weight excluding hydrogens is 612 g/mol. The largest absolute Gasteiger partial charge is 0.484 e. The van der Waals surface area contributed by atoms with Crippen LogP contribution in [0.2, 0.25) is 0 Å². The Morgan fingerprint density at radius 2 is 1.74 bits per heavy atom. The van der Waals surface area contributed by atoms with Crippen LogP contribution in [0.25, 0.3) is 0 Å². The van der Waals surface area contributed by atoms with Crippen LogP contribution in [0.15, 0.2) is 83.6 Å². The molecule has 11 heteroatoms. The standard InChI is InChI=1S/C36H45ClN8O2/c1-36(2,3)31(38)21-33(41-25-13-11-24(22-37)12-14-25)43-35(46)42-29-16-17-30(28-10-6-5-9-27(28)29)47-26-15-18-32(39)45(23-26)34(40)44-19-7-4-8-20-44/h5-6,9-15,18,21,23,29-30,39-40H,4,7-8,16-17,19-20,22,38H2,1-3H3,(H2,41,42,43,46)/b31-21-,39-32?,40-34?/t29-,30+/m0/s1. The fraction of sp³-hybridized carbons (Fsp3) is 0.389. The molecule has 2 aliphatic rings. The number of likely N-dealkylation sites (tertiary alicyclic amines) is 1. The van der Waals surface area contributed by atoms with E-state index >= 15 is 0 Å². The van der Waals surface area contributed by atoms with Gasteiger partial charge < -0.3 is 20.7 Å². The highest BCUT2D eigenvalue weighted by molar-refractivity contribution is 6.17. The quantitative estimate of drug-likeness (QED) is 0.112. The van der Waals surface area contributed by atoms with Crippen LogP contribution in [0.4, 0.5) is 10.5 Å². The third-order valence-corrected chi connectivity index (χ3v) is 8.87. The summed E-state index contributed by atoms with van der Waals surface area (Å²) in [6.45, 7) is 7.65. The molecule has 2 aromatic carbocycles. The van der Waals surface area contributed by atoms with Gasteiger partial charge in [-0.2, -0.15) is 0 Å². The number of carbonyl (C=O) groups excluding carboxylic acids is 1. The lowest BCUT2D eigenvalue weighted by Crippen LogP contribution is -2.43. The van der Waals surface area contributed by atoms with Crippen LogP contribution in [0.1, 0.15) is 81.7 Å². The topological polar surface area (TPSA) is 145 Å². The Morgan fingerprint density at radius 3 is 2.43 bits per heavy atom. The number of nitrogens with two attached hydrogens (primary N) is 1. The first kappa shape index (κ1) is 33.8. The van der Waals surface area contributed by atoms with Gasteiger partial charge in [0.25, 0.3) is 0 Å². The number of carbonyl (C=O) groups is 1. The number of urea groups is 1. The van der Waals surface area contributed by atoms with Crippen LogP contribution in [0.3, 0.4) is 0 Å². The summed E-state index contributed by atoms with van der Waals surface area (Å²) in [7, 11) is 0. The molecule has 10 nitrogen and oxygen atoms in total. The minimum atomic E-state index is -0.387. The number of piperidine rings is 1. The van der Waals surface area contributed by atoms with E-state index in [1.165, 1.54) is 6.42 Å². The number of aromatic nitrogens is 1. The van der Waals surface area contributed by atoms with Crippen molar-refractivity contribution in [3.05, 3.63) is 101 Å². The Hall–Kier alpha value is -4.57. The Balaban J connectivity index is 1.32. The molecule has 0 saturated carbocycles. The third kappa shape index (κ3) is 8.62. The van der Waals surface area contributed by atoms with Crippen molar-refractivity contribution in [2.45, 2.75) is 70.9 Å². The number of nitrogens with zero attached hydrogens (tertiary/aromatic N) is 3. The number of rotatable bonds is 6. The lowest BCUT2D eigenvalue weighted by molar-refractivity contribution is 0.171. The molecule has 1 saturated heterocycles. The Morgan fingerprint density at radius 1 is 1.04 bits per heavy atom. The van der Waals surface area contributed by atoms with Crippen molar-refractivity contribution in [2.75, 3.05) is 13.1 Å². The number of halogens is 1. The number of fused-ring (bicyclic) bond motifs is 1. The number of aliphatic imine (C=N–C) groups is 1. The minimum Gasteiger partial charge on any atom is -0.484 e. The molecular formula is C36H45ClN8O2. The molecule has 1 aromatic heterocycles. The molecule has 248 valence electrons. The molecule has 3 aromatic rings. The molecule has 47 heavy (non-hydrogen) atoms. The second kappa shape index (κ2) is 14.9. The summed E-state index contributed by atoms with van der Waals surface area (Å²) < 4.78 is 8.07. The maximum absolute atomic E-state index is 13.4. The average Bonchev–Trinajstić information content (AvgIpc) is 3.06. The number of hydrogen-bond acceptors (Lipinski definition) is 6. The van der Waals surface area contributed by atoms with E-state index in [0.717, 1.165) is 42.6 Å². The van der Waals surface area contributed by atoms with Crippen LogP contribution >= 0.6 is 11.6 Å². The van der Waals surface area contributed by atoms with Crippen molar-refractivity contribution < 1.29 is 9.53 Å². The van der Waals surface area contributed by atoms with E-state index in [1.807, 2.05) is 74.2 Å². The predicted octanol–water partition coefficient (Wildman–Crippen LogP) is 6.85. The summed E-state index contributed by atoms with van der Waals surface area (Å²) in [5.74, 6) is 1.63. The maximum Gasteiger partial charge on any atom is 0.320 e. The summed E-state index contributed by atoms with van der Waals surface area (Å²) in [5, 5.41) is 23.2. The van der Waals surface area contributed by atoms with Crippen molar-refractivity contribution in [2.24, 2.45) is 16.1 Å². The number of pyridine rings is 1. The molecule has 0 bridgehead atoms. The van der Waals surface area contributed by atoms with Gasteiger partial charge in [-0.15, -0.1) is 11.6 Å². The number of nitrogens with one attached hydrogen (secondary N) is 4. The summed E-state index contributed by atoms with van der Waals surface area (Å²) in [5.41, 5.74) is 10.5. The van der Waals surface area contributed by atoms with Crippen molar-refractivity contribution >= 4 is 35.1 Å². The number of benzene rings is 2. The van der Waals surface area contributed by atoms with E-state index in [1.54, 1.807) is 29.0 Å². The molecule has 1 aliphatic carbocycles. The molecule has 1 fully saturated rings. The average molecular weight is 657 g/mol. The molecule has 2 atom stereocenters. The first-order chi connectivity index (χ1) is 22.5. The zero-order chi connectivity index (χ0) is 33.6. The Bertz CT molecular complexity index is 1700. The highest BCUT2D eigenvalue weighted by atomic mass is 35.5. The van der Waals surface area contributed by atoms with Crippen LogP contribution in [0.5, 0.6) is 5.75 Å². The van der Waals surface area contributed by atoms with Crippen molar-refractivity contribution in [1.82, 2.24) is 20.1 Å². The van der Waals surface area contributed by atoms with E-state index in [2.05, 4.69) is 15.6 Å². The van der Waals surface area contributed by atoms with Crippen molar-refractivity contribution in [3.8, 4) is 5.75 Å². The first-order valence-corrected chi connectivity index (χ1v) is 16.7. The van der Waals surface area contributed by atoms with Gasteiger partial charge in [-0.05, 0) is 73.1 Å². The van der Waals surface area contributed by atoms with Gasteiger partial charge in [-0.25, -0.2) is 9.79 Å². The predicted molar refractivity (Wildman–Crippen MR) is 187 cm³/mol. The fourth-order valence-electron chi connectivity index (χ4n) is 5.74. The van der Waals surface area contributed by atoms with E-state index in [0.29, 0.717) is 47.7 Å². The van der Waals surface area contributed by atoms with Gasteiger partial charge in [0.15, 0.2) is 0 Å². The van der Waals surface area contributed by atoms with Crippen molar-refractivity contribution in [3.63, 3.8) is 0 Å². The molecule has 0 unspecified atom stereocenters. The van der Waals surface area contributed by atoms with Gasteiger partial charge >= 0.3 is 6.03 Å². The number of allylic oxidation sites excluding steroid dienone is 1. The Kier molecular flexibility index (Phi) is 10.7. The molecule has 0 radical (unpaired) electrons. The number of ether oxygens (including phenoxy) is 1. The van der Waals surface area contributed by atoms with Gasteiger partial charge in [-0.1, -0.05) is 57.2 Å². The summed E-state index contributed by atoms with van der Waals surface area (Å²) in [6, 6.07) is 18.3. The van der Waals surface area contributed by atoms with E-state index < -0.39 is 0 Å². The Labute approximate surface area is 281 Å². The molecule has 0 spiro atoms. The van der Waals surface area contributed by atoms with Gasteiger partial charge in [0.05, 0.1) is 17.9 Å². The SMILES string of the molecule is CC(C)(C)/C(N)=C/C(=Nc1ccc(CCl)cc1)NC(=O)N[C@H]1CC[C@@H](Oc2ccc(=N)n(C(=N)N3CCCCC3)c2)c2ccccc21. The zero-order valence-electron chi connectivity index (χ0n) is 27.4. The van der Waals surface area contributed by atoms with E-state index in [4.69, 9.17) is 32.9 Å². The normalized spacial score (nSPS) is 18.7. The second-order valence-electron chi connectivity index (χ2n) is 13.1. The highest BCUT2D eigenvalue weighted by Gasteiger charge is 2.30. The van der Waals surface area contributed by atoms with Gasteiger partial charge in [0.2, 0.25) is 5.96 Å². The van der Waals surface area contributed by atoms with Crippen LogP contribution in [-0.2, 0) is 5.88 Å². The van der Waals surface area contributed by atoms with Crippen LogP contribution < -0.4 is 26.6 Å². The maximum atomic E-state index is 13.4. The highest BCUT2D eigenvalue weighted by Crippen LogP contribution is 2.38. The molecule has 2 heterocycles. The lowest BCUT2D eigenvalue weighted by atomic mass is 9.85. The molecule has 6 N–H and O–H groups in total. The third-order valence-electron chi connectivity index (χ3n) is 8.56. The molecule has 2 amide bonds. The van der Waals surface area contributed by atoms with Crippen LogP contribution in [-0.4, -0.2) is 40.4 Å². The monoisotopic (exact) mass is 656 g/mol. The van der Waals surface area contributed by atoms with E-state index in [-0.39, 0.29) is 29.1 Å². The summed E-state index contributed by atoms with van der Waals surface area (Å²) in [6.07, 6.45) is 7.79. The van der Waals surface area contributed by atoms with Crippen molar-refractivity contribution in [1.29, 1.82) is 10.8 Å². The number of amidine groups is 1.